The first-order valence-corrected chi connectivity index (χ1v) is 8.58. The van der Waals surface area contributed by atoms with Gasteiger partial charge in [0.2, 0.25) is 0 Å². The van der Waals surface area contributed by atoms with E-state index in [2.05, 4.69) is 9.98 Å². The first-order valence-electron chi connectivity index (χ1n) is 8.20. The van der Waals surface area contributed by atoms with Gasteiger partial charge in [-0.05, 0) is 24.3 Å². The number of halogens is 3. The fourth-order valence-electron chi connectivity index (χ4n) is 3.32. The maximum absolute atomic E-state index is 14.9. The van der Waals surface area contributed by atoms with Gasteiger partial charge in [0.15, 0.2) is 6.04 Å². The Morgan fingerprint density at radius 1 is 1.22 bits per heavy atom. The molecule has 2 aliphatic rings. The highest BCUT2D eigenvalue weighted by Gasteiger charge is 2.36. The molecule has 1 atom stereocenters. The van der Waals surface area contributed by atoms with Crippen LogP contribution in [0.2, 0.25) is 5.02 Å². The van der Waals surface area contributed by atoms with Crippen LogP contribution in [0.3, 0.4) is 0 Å². The second kappa shape index (κ2) is 6.74. The molecule has 0 aliphatic carbocycles. The van der Waals surface area contributed by atoms with Crippen LogP contribution in [0, 0.1) is 11.6 Å². The quantitative estimate of drug-likeness (QED) is 0.741. The van der Waals surface area contributed by atoms with Crippen LogP contribution in [-0.2, 0) is 9.53 Å². The number of anilines is 1. The SMILES string of the molecule is COC(=O)C1CN2C(=N1)CN=C(c1ccccc1F)c1cc(Cl)cc(F)c12. The zero-order valence-electron chi connectivity index (χ0n) is 14.2. The number of carbonyl (C=O) groups is 1. The Bertz CT molecular complexity index is 1010. The lowest BCUT2D eigenvalue weighted by Crippen LogP contribution is -2.33. The Labute approximate surface area is 158 Å². The van der Waals surface area contributed by atoms with Crippen molar-refractivity contribution in [2.24, 2.45) is 9.98 Å². The molecule has 5 nitrogen and oxygen atoms in total. The van der Waals surface area contributed by atoms with E-state index in [9.17, 15) is 13.6 Å². The summed E-state index contributed by atoms with van der Waals surface area (Å²) in [6.07, 6.45) is 0. The van der Waals surface area contributed by atoms with Gasteiger partial charge in [-0.2, -0.15) is 0 Å². The summed E-state index contributed by atoms with van der Waals surface area (Å²) in [7, 11) is 1.27. The number of nitrogens with zero attached hydrogens (tertiary/aromatic N) is 3. The van der Waals surface area contributed by atoms with Gasteiger partial charge in [-0.3, -0.25) is 9.98 Å². The maximum Gasteiger partial charge on any atom is 0.332 e. The third kappa shape index (κ3) is 2.98. The Morgan fingerprint density at radius 3 is 2.74 bits per heavy atom. The van der Waals surface area contributed by atoms with Crippen LogP contribution < -0.4 is 4.90 Å². The Morgan fingerprint density at radius 2 is 2.00 bits per heavy atom. The van der Waals surface area contributed by atoms with E-state index in [0.717, 1.165) is 0 Å². The van der Waals surface area contributed by atoms with Gasteiger partial charge in [-0.25, -0.2) is 13.6 Å². The molecule has 4 rings (SSSR count). The topological polar surface area (TPSA) is 54.3 Å². The summed E-state index contributed by atoms with van der Waals surface area (Å²) in [4.78, 5) is 22.2. The molecule has 0 radical (unpaired) electrons. The van der Waals surface area contributed by atoms with Crippen LogP contribution in [0.4, 0.5) is 14.5 Å². The molecule has 138 valence electrons. The zero-order valence-corrected chi connectivity index (χ0v) is 15.0. The number of carbonyl (C=O) groups excluding carboxylic acids is 1. The van der Waals surface area contributed by atoms with E-state index in [4.69, 9.17) is 16.3 Å². The number of benzene rings is 2. The number of rotatable bonds is 2. The second-order valence-corrected chi connectivity index (χ2v) is 6.56. The number of ether oxygens (including phenoxy) is 1. The normalized spacial score (nSPS) is 18.2. The molecule has 2 aliphatic heterocycles. The minimum Gasteiger partial charge on any atom is -0.467 e. The van der Waals surface area contributed by atoms with Crippen LogP contribution in [0.1, 0.15) is 11.1 Å². The Kier molecular flexibility index (Phi) is 4.39. The van der Waals surface area contributed by atoms with E-state index in [1.807, 2.05) is 0 Å². The molecule has 0 aromatic heterocycles. The second-order valence-electron chi connectivity index (χ2n) is 6.12. The smallest absolute Gasteiger partial charge is 0.332 e. The maximum atomic E-state index is 14.9. The molecule has 0 bridgehead atoms. The van der Waals surface area contributed by atoms with Crippen LogP contribution in [-0.4, -0.2) is 43.8 Å². The standard InChI is InChI=1S/C19H14ClF2N3O2/c1-27-19(26)15-9-25-16(24-15)8-23-17(11-4-2-3-5-13(11)21)12-6-10(20)7-14(22)18(12)25/h2-7,15H,8-9H2,1H3. The van der Waals surface area contributed by atoms with Crippen molar-refractivity contribution in [1.82, 2.24) is 0 Å². The number of methoxy groups -OCH3 is 1. The zero-order chi connectivity index (χ0) is 19.1. The van der Waals surface area contributed by atoms with E-state index in [-0.39, 0.29) is 35.1 Å². The lowest BCUT2D eigenvalue weighted by Gasteiger charge is -2.22. The summed E-state index contributed by atoms with van der Waals surface area (Å²) in [6.45, 7) is 0.191. The summed E-state index contributed by atoms with van der Waals surface area (Å²) >= 11 is 6.06. The van der Waals surface area contributed by atoms with Crippen molar-refractivity contribution < 1.29 is 18.3 Å². The van der Waals surface area contributed by atoms with Crippen LogP contribution in [0.15, 0.2) is 46.4 Å². The van der Waals surface area contributed by atoms with Crippen molar-refractivity contribution in [1.29, 1.82) is 0 Å². The average Bonchev–Trinajstić information content (AvgIpc) is 2.99. The van der Waals surface area contributed by atoms with E-state index in [1.54, 1.807) is 29.2 Å². The highest BCUT2D eigenvalue weighted by Crippen LogP contribution is 2.35. The molecular weight excluding hydrogens is 376 g/mol. The summed E-state index contributed by atoms with van der Waals surface area (Å²) in [5.41, 5.74) is 1.05. The largest absolute Gasteiger partial charge is 0.467 e. The molecule has 0 saturated carbocycles. The lowest BCUT2D eigenvalue weighted by atomic mass is 9.99. The first-order chi connectivity index (χ1) is 13.0. The molecule has 0 spiro atoms. The summed E-state index contributed by atoms with van der Waals surface area (Å²) in [5.74, 6) is -1.16. The average molecular weight is 390 g/mol. The number of aliphatic imine (C=N–C) groups is 2. The summed E-state index contributed by atoms with van der Waals surface area (Å²) in [5, 5.41) is 0.166. The van der Waals surface area contributed by atoms with Crippen LogP contribution in [0.5, 0.6) is 0 Å². The van der Waals surface area contributed by atoms with Crippen molar-refractivity contribution >= 4 is 34.8 Å². The fourth-order valence-corrected chi connectivity index (χ4v) is 3.52. The first kappa shape index (κ1) is 17.6. The molecule has 2 aromatic carbocycles. The van der Waals surface area contributed by atoms with Gasteiger partial charge in [0.25, 0.3) is 0 Å². The fraction of sp³-hybridized carbons (Fsp3) is 0.211. The number of amidine groups is 1. The Hall–Kier alpha value is -2.80. The predicted octanol–water partition coefficient (Wildman–Crippen LogP) is 3.23. The van der Waals surface area contributed by atoms with Crippen LogP contribution in [0.25, 0.3) is 0 Å². The third-order valence-corrected chi connectivity index (χ3v) is 4.72. The number of hydrogen-bond donors (Lipinski definition) is 0. The monoisotopic (exact) mass is 389 g/mol. The van der Waals surface area contributed by atoms with E-state index in [0.29, 0.717) is 11.4 Å². The molecule has 1 unspecified atom stereocenters. The van der Waals surface area contributed by atoms with E-state index < -0.39 is 23.6 Å². The van der Waals surface area contributed by atoms with Crippen molar-refractivity contribution in [3.05, 3.63) is 64.2 Å². The molecule has 2 aromatic rings. The molecular formula is C19H14ClF2N3O2. The van der Waals surface area contributed by atoms with Gasteiger partial charge in [0.05, 0.1) is 31.6 Å². The van der Waals surface area contributed by atoms with Crippen molar-refractivity contribution in [2.45, 2.75) is 6.04 Å². The van der Waals surface area contributed by atoms with Gasteiger partial charge in [-0.1, -0.05) is 23.7 Å². The van der Waals surface area contributed by atoms with E-state index >= 15 is 0 Å². The molecule has 0 N–H and O–H groups in total. The minimum atomic E-state index is -0.766. The van der Waals surface area contributed by atoms with Crippen molar-refractivity contribution in [3.63, 3.8) is 0 Å². The van der Waals surface area contributed by atoms with Gasteiger partial charge in [0, 0.05) is 16.1 Å². The molecule has 0 saturated heterocycles. The highest BCUT2D eigenvalue weighted by molar-refractivity contribution is 6.32. The third-order valence-electron chi connectivity index (χ3n) is 4.51. The van der Waals surface area contributed by atoms with Gasteiger partial charge in [0.1, 0.15) is 17.5 Å². The summed E-state index contributed by atoms with van der Waals surface area (Å²) in [6, 6.07) is 8.09. The number of hydrogen-bond acceptors (Lipinski definition) is 5. The highest BCUT2D eigenvalue weighted by atomic mass is 35.5. The molecule has 0 amide bonds. The van der Waals surface area contributed by atoms with Crippen LogP contribution >= 0.6 is 11.6 Å². The van der Waals surface area contributed by atoms with Gasteiger partial charge in [-0.15, -0.1) is 0 Å². The van der Waals surface area contributed by atoms with E-state index in [1.165, 1.54) is 19.2 Å². The molecule has 2 heterocycles. The molecule has 8 heteroatoms. The van der Waals surface area contributed by atoms with Gasteiger partial charge >= 0.3 is 5.97 Å². The van der Waals surface area contributed by atoms with Gasteiger partial charge < -0.3 is 9.64 Å². The predicted molar refractivity (Wildman–Crippen MR) is 98.9 cm³/mol. The number of esters is 1. The summed E-state index contributed by atoms with van der Waals surface area (Å²) < 4.78 is 34.0. The molecule has 0 fully saturated rings. The Balaban J connectivity index is 1.91. The minimum absolute atomic E-state index is 0.0723. The molecule has 27 heavy (non-hydrogen) atoms. The van der Waals surface area contributed by atoms with Crippen molar-refractivity contribution in [2.75, 3.05) is 25.1 Å². The lowest BCUT2D eigenvalue weighted by molar-refractivity contribution is -0.141. The number of fused-ring (bicyclic) bond motifs is 3. The van der Waals surface area contributed by atoms with Crippen molar-refractivity contribution in [3.8, 4) is 0 Å².